The summed E-state index contributed by atoms with van der Waals surface area (Å²) in [6.07, 6.45) is 1.48. The Labute approximate surface area is 116 Å². The van der Waals surface area contributed by atoms with Gasteiger partial charge in [-0.2, -0.15) is 0 Å². The summed E-state index contributed by atoms with van der Waals surface area (Å²) < 4.78 is 5.25. The number of hydrogen-bond donors (Lipinski definition) is 1. The summed E-state index contributed by atoms with van der Waals surface area (Å²) in [7, 11) is 0. The summed E-state index contributed by atoms with van der Waals surface area (Å²) in [5.74, 6) is 0. The van der Waals surface area contributed by atoms with E-state index in [0.717, 1.165) is 12.8 Å². The lowest BCUT2D eigenvalue weighted by Crippen LogP contribution is -2.38. The fraction of sp³-hybridized carbons (Fsp3) is 0.562. The van der Waals surface area contributed by atoms with Crippen LogP contribution < -0.4 is 5.32 Å². The zero-order valence-electron chi connectivity index (χ0n) is 12.6. The van der Waals surface area contributed by atoms with Crippen LogP contribution in [0.15, 0.2) is 24.3 Å². The standard InChI is InChI=1S/C16H25NO2/c1-6-13-9-7-8-10-14(13)11-12(2)17-15(18)19-16(3,4)5/h7-10,12H,6,11H2,1-5H3,(H,17,18)/t12-/m1/s1. The molecule has 0 aromatic heterocycles. The van der Waals surface area contributed by atoms with Crippen LogP contribution in [0.1, 0.15) is 45.7 Å². The molecule has 1 aromatic rings. The zero-order chi connectivity index (χ0) is 14.5. The fourth-order valence-electron chi connectivity index (χ4n) is 1.99. The molecule has 1 atom stereocenters. The largest absolute Gasteiger partial charge is 0.444 e. The first kappa shape index (κ1) is 15.5. The molecule has 0 aliphatic carbocycles. The van der Waals surface area contributed by atoms with Crippen LogP contribution in [0, 0.1) is 0 Å². The molecule has 1 aromatic carbocycles. The number of carbonyl (C=O) groups excluding carboxylic acids is 1. The highest BCUT2D eigenvalue weighted by molar-refractivity contribution is 5.68. The third-order valence-electron chi connectivity index (χ3n) is 2.79. The van der Waals surface area contributed by atoms with Gasteiger partial charge in [0, 0.05) is 6.04 Å². The first-order chi connectivity index (χ1) is 8.81. The molecular weight excluding hydrogens is 238 g/mol. The summed E-state index contributed by atoms with van der Waals surface area (Å²) in [6.45, 7) is 9.73. The maximum Gasteiger partial charge on any atom is 0.407 e. The lowest BCUT2D eigenvalue weighted by molar-refractivity contribution is 0.0508. The van der Waals surface area contributed by atoms with Gasteiger partial charge < -0.3 is 10.1 Å². The number of benzene rings is 1. The van der Waals surface area contributed by atoms with E-state index in [9.17, 15) is 4.79 Å². The van der Waals surface area contributed by atoms with Gasteiger partial charge in [0.15, 0.2) is 0 Å². The highest BCUT2D eigenvalue weighted by Crippen LogP contribution is 2.12. The third-order valence-corrected chi connectivity index (χ3v) is 2.79. The average molecular weight is 263 g/mol. The highest BCUT2D eigenvalue weighted by atomic mass is 16.6. The van der Waals surface area contributed by atoms with Crippen molar-refractivity contribution in [1.29, 1.82) is 0 Å². The molecule has 0 unspecified atom stereocenters. The summed E-state index contributed by atoms with van der Waals surface area (Å²) in [6, 6.07) is 8.40. The lowest BCUT2D eigenvalue weighted by Gasteiger charge is -2.22. The van der Waals surface area contributed by atoms with Gasteiger partial charge in [-0.3, -0.25) is 0 Å². The Balaban J connectivity index is 2.55. The fourth-order valence-corrected chi connectivity index (χ4v) is 1.99. The van der Waals surface area contributed by atoms with Crippen molar-refractivity contribution >= 4 is 6.09 Å². The monoisotopic (exact) mass is 263 g/mol. The SMILES string of the molecule is CCc1ccccc1C[C@@H](C)NC(=O)OC(C)(C)C. The summed E-state index contributed by atoms with van der Waals surface area (Å²) in [5.41, 5.74) is 2.17. The molecule has 0 aliphatic heterocycles. The predicted octanol–water partition coefficient (Wildman–Crippen LogP) is 3.70. The zero-order valence-corrected chi connectivity index (χ0v) is 12.6. The molecule has 1 N–H and O–H groups in total. The van der Waals surface area contributed by atoms with Gasteiger partial charge in [-0.15, -0.1) is 0 Å². The molecule has 0 saturated heterocycles. The molecule has 1 rings (SSSR count). The second-order valence-electron chi connectivity index (χ2n) is 5.87. The van der Waals surface area contributed by atoms with Gasteiger partial charge in [0.25, 0.3) is 0 Å². The van der Waals surface area contributed by atoms with Crippen molar-refractivity contribution in [1.82, 2.24) is 5.32 Å². The Hall–Kier alpha value is -1.51. The maximum atomic E-state index is 11.7. The molecule has 19 heavy (non-hydrogen) atoms. The first-order valence-electron chi connectivity index (χ1n) is 6.88. The van der Waals surface area contributed by atoms with E-state index in [1.807, 2.05) is 39.8 Å². The summed E-state index contributed by atoms with van der Waals surface area (Å²) in [5, 5.41) is 2.88. The number of rotatable bonds is 4. The predicted molar refractivity (Wildman–Crippen MR) is 78.4 cm³/mol. The van der Waals surface area contributed by atoms with Crippen LogP contribution in [0.2, 0.25) is 0 Å². The number of ether oxygens (including phenoxy) is 1. The molecule has 0 radical (unpaired) electrons. The van der Waals surface area contributed by atoms with Crippen molar-refractivity contribution in [3.05, 3.63) is 35.4 Å². The molecule has 3 heteroatoms. The molecule has 0 spiro atoms. The molecular formula is C16H25NO2. The van der Waals surface area contributed by atoms with Gasteiger partial charge in [-0.25, -0.2) is 4.79 Å². The van der Waals surface area contributed by atoms with E-state index in [1.165, 1.54) is 11.1 Å². The maximum absolute atomic E-state index is 11.7. The van der Waals surface area contributed by atoms with Crippen LogP contribution in [-0.4, -0.2) is 17.7 Å². The minimum absolute atomic E-state index is 0.0579. The smallest absolute Gasteiger partial charge is 0.407 e. The van der Waals surface area contributed by atoms with Crippen molar-refractivity contribution < 1.29 is 9.53 Å². The number of amides is 1. The van der Waals surface area contributed by atoms with Crippen molar-refractivity contribution in [2.45, 2.75) is 59.1 Å². The van der Waals surface area contributed by atoms with Gasteiger partial charge in [0.05, 0.1) is 0 Å². The van der Waals surface area contributed by atoms with Crippen LogP contribution in [0.5, 0.6) is 0 Å². The molecule has 0 aliphatic rings. The van der Waals surface area contributed by atoms with Crippen molar-refractivity contribution in [3.8, 4) is 0 Å². The van der Waals surface area contributed by atoms with E-state index >= 15 is 0 Å². The van der Waals surface area contributed by atoms with Gasteiger partial charge in [0.2, 0.25) is 0 Å². The van der Waals surface area contributed by atoms with Crippen molar-refractivity contribution in [2.75, 3.05) is 0 Å². The number of aryl methyl sites for hydroxylation is 1. The number of carbonyl (C=O) groups is 1. The molecule has 1 amide bonds. The van der Waals surface area contributed by atoms with Crippen LogP contribution >= 0.6 is 0 Å². The summed E-state index contributed by atoms with van der Waals surface area (Å²) >= 11 is 0. The Kier molecular flexibility index (Phi) is 5.40. The second-order valence-corrected chi connectivity index (χ2v) is 5.87. The normalized spacial score (nSPS) is 12.9. The van der Waals surface area contributed by atoms with E-state index in [0.29, 0.717) is 0 Å². The number of alkyl carbamates (subject to hydrolysis) is 1. The van der Waals surface area contributed by atoms with Crippen molar-refractivity contribution in [2.24, 2.45) is 0 Å². The molecule has 0 saturated carbocycles. The minimum atomic E-state index is -0.453. The van der Waals surface area contributed by atoms with E-state index in [2.05, 4.69) is 24.4 Å². The van der Waals surface area contributed by atoms with Crippen LogP contribution in [0.4, 0.5) is 4.79 Å². The van der Waals surface area contributed by atoms with E-state index in [1.54, 1.807) is 0 Å². The van der Waals surface area contributed by atoms with E-state index in [-0.39, 0.29) is 12.1 Å². The van der Waals surface area contributed by atoms with Crippen molar-refractivity contribution in [3.63, 3.8) is 0 Å². The lowest BCUT2D eigenvalue weighted by atomic mass is 9.99. The van der Waals surface area contributed by atoms with Crippen LogP contribution in [0.25, 0.3) is 0 Å². The Morgan fingerprint density at radius 3 is 2.37 bits per heavy atom. The van der Waals surface area contributed by atoms with Crippen LogP contribution in [0.3, 0.4) is 0 Å². The van der Waals surface area contributed by atoms with Gasteiger partial charge in [-0.05, 0) is 51.7 Å². The Morgan fingerprint density at radius 1 is 1.26 bits per heavy atom. The number of nitrogens with one attached hydrogen (secondary N) is 1. The Bertz CT molecular complexity index is 421. The van der Waals surface area contributed by atoms with E-state index in [4.69, 9.17) is 4.74 Å². The molecule has 0 heterocycles. The number of hydrogen-bond acceptors (Lipinski definition) is 2. The molecule has 3 nitrogen and oxygen atoms in total. The van der Waals surface area contributed by atoms with Gasteiger partial charge in [0.1, 0.15) is 5.60 Å². The molecule has 106 valence electrons. The first-order valence-corrected chi connectivity index (χ1v) is 6.88. The second kappa shape index (κ2) is 6.60. The van der Waals surface area contributed by atoms with Gasteiger partial charge in [-0.1, -0.05) is 31.2 Å². The Morgan fingerprint density at radius 2 is 1.84 bits per heavy atom. The third kappa shape index (κ3) is 5.77. The average Bonchev–Trinajstić information content (AvgIpc) is 2.26. The quantitative estimate of drug-likeness (QED) is 0.899. The molecule has 0 fully saturated rings. The topological polar surface area (TPSA) is 38.3 Å². The van der Waals surface area contributed by atoms with E-state index < -0.39 is 5.60 Å². The molecule has 0 bridgehead atoms. The highest BCUT2D eigenvalue weighted by Gasteiger charge is 2.18. The summed E-state index contributed by atoms with van der Waals surface area (Å²) in [4.78, 5) is 11.7. The minimum Gasteiger partial charge on any atom is -0.444 e. The van der Waals surface area contributed by atoms with Gasteiger partial charge >= 0.3 is 6.09 Å². The van der Waals surface area contributed by atoms with Crippen LogP contribution in [-0.2, 0) is 17.6 Å².